The van der Waals surface area contributed by atoms with E-state index in [9.17, 15) is 9.59 Å². The third-order valence-electron chi connectivity index (χ3n) is 4.54. The third-order valence-corrected chi connectivity index (χ3v) is 4.54. The van der Waals surface area contributed by atoms with Gasteiger partial charge in [-0.15, -0.1) is 0 Å². The van der Waals surface area contributed by atoms with Crippen LogP contribution in [0.1, 0.15) is 51.6 Å². The normalized spacial score (nSPS) is 17.9. The van der Waals surface area contributed by atoms with Crippen LogP contribution in [0.3, 0.4) is 0 Å². The zero-order valence-electron chi connectivity index (χ0n) is 14.1. The summed E-state index contributed by atoms with van der Waals surface area (Å²) in [4.78, 5) is 23.9. The van der Waals surface area contributed by atoms with Gasteiger partial charge in [-0.1, -0.05) is 32.4 Å². The maximum absolute atomic E-state index is 12.1. The van der Waals surface area contributed by atoms with Gasteiger partial charge in [-0.2, -0.15) is 0 Å². The number of nitrogens with two attached hydrogens (primary N) is 1. The van der Waals surface area contributed by atoms with Crippen molar-refractivity contribution in [3.63, 3.8) is 0 Å². The van der Waals surface area contributed by atoms with Crippen molar-refractivity contribution < 1.29 is 9.59 Å². The van der Waals surface area contributed by atoms with Gasteiger partial charge in [0.2, 0.25) is 11.8 Å². The van der Waals surface area contributed by atoms with E-state index >= 15 is 0 Å². The predicted octanol–water partition coefficient (Wildman–Crippen LogP) is 2.59. The Bertz CT molecular complexity index is 552. The fourth-order valence-electron chi connectivity index (χ4n) is 2.35. The molecule has 1 saturated carbocycles. The van der Waals surface area contributed by atoms with E-state index in [4.69, 9.17) is 5.73 Å². The minimum Gasteiger partial charge on any atom is -0.348 e. The fourth-order valence-corrected chi connectivity index (χ4v) is 2.35. The molecule has 0 bridgehead atoms. The van der Waals surface area contributed by atoms with E-state index in [1.54, 1.807) is 0 Å². The quantitative estimate of drug-likeness (QED) is 0.722. The van der Waals surface area contributed by atoms with Crippen LogP contribution in [0.4, 0.5) is 5.69 Å². The SMILES string of the molecule is CCC(C)C(N)C(=O)NC(C)c1ccc(NC(=O)C2CC2)cc1. The van der Waals surface area contributed by atoms with Crippen molar-refractivity contribution in [2.24, 2.45) is 17.6 Å². The van der Waals surface area contributed by atoms with Crippen molar-refractivity contribution in [2.75, 3.05) is 5.32 Å². The molecule has 0 spiro atoms. The number of hydrogen-bond acceptors (Lipinski definition) is 3. The predicted molar refractivity (Wildman–Crippen MR) is 91.8 cm³/mol. The number of amides is 2. The molecule has 0 aliphatic heterocycles. The summed E-state index contributed by atoms with van der Waals surface area (Å²) >= 11 is 0. The van der Waals surface area contributed by atoms with Gasteiger partial charge < -0.3 is 16.4 Å². The van der Waals surface area contributed by atoms with Gasteiger partial charge in [0.1, 0.15) is 0 Å². The molecule has 126 valence electrons. The maximum atomic E-state index is 12.1. The molecule has 5 heteroatoms. The Morgan fingerprint density at radius 2 is 1.83 bits per heavy atom. The highest BCUT2D eigenvalue weighted by atomic mass is 16.2. The molecule has 2 rings (SSSR count). The first-order chi connectivity index (χ1) is 10.9. The highest BCUT2D eigenvalue weighted by Crippen LogP contribution is 2.30. The molecule has 1 fully saturated rings. The van der Waals surface area contributed by atoms with E-state index in [0.717, 1.165) is 30.5 Å². The molecule has 1 aliphatic carbocycles. The Hall–Kier alpha value is -1.88. The molecular weight excluding hydrogens is 290 g/mol. The standard InChI is InChI=1S/C18H27N3O2/c1-4-11(2)16(19)18(23)20-12(3)13-7-9-15(10-8-13)21-17(22)14-5-6-14/h7-12,14,16H,4-6,19H2,1-3H3,(H,20,23)(H,21,22). The topological polar surface area (TPSA) is 84.2 Å². The van der Waals surface area contributed by atoms with E-state index in [0.29, 0.717) is 0 Å². The number of benzene rings is 1. The molecule has 0 aromatic heterocycles. The zero-order valence-corrected chi connectivity index (χ0v) is 14.1. The summed E-state index contributed by atoms with van der Waals surface area (Å²) in [6.07, 6.45) is 2.85. The fraction of sp³-hybridized carbons (Fsp3) is 0.556. The molecule has 4 N–H and O–H groups in total. The van der Waals surface area contributed by atoms with Crippen molar-refractivity contribution in [3.05, 3.63) is 29.8 Å². The van der Waals surface area contributed by atoms with E-state index in [1.807, 2.05) is 45.0 Å². The summed E-state index contributed by atoms with van der Waals surface area (Å²) in [5, 5.41) is 5.85. The molecule has 0 saturated heterocycles. The van der Waals surface area contributed by atoms with Crippen LogP contribution in [0, 0.1) is 11.8 Å². The monoisotopic (exact) mass is 317 g/mol. The molecule has 0 radical (unpaired) electrons. The molecule has 3 atom stereocenters. The van der Waals surface area contributed by atoms with Gasteiger partial charge >= 0.3 is 0 Å². The van der Waals surface area contributed by atoms with E-state index in [-0.39, 0.29) is 29.7 Å². The van der Waals surface area contributed by atoms with Crippen LogP contribution in [0.25, 0.3) is 0 Å². The van der Waals surface area contributed by atoms with Crippen LogP contribution >= 0.6 is 0 Å². The smallest absolute Gasteiger partial charge is 0.237 e. The lowest BCUT2D eigenvalue weighted by molar-refractivity contribution is -0.124. The molecule has 1 aliphatic rings. The largest absolute Gasteiger partial charge is 0.348 e. The van der Waals surface area contributed by atoms with Gasteiger partial charge in [-0.3, -0.25) is 9.59 Å². The highest BCUT2D eigenvalue weighted by molar-refractivity contribution is 5.94. The number of carbonyl (C=O) groups is 2. The number of anilines is 1. The first-order valence-corrected chi connectivity index (χ1v) is 8.39. The molecule has 1 aromatic rings. The Morgan fingerprint density at radius 1 is 1.22 bits per heavy atom. The van der Waals surface area contributed by atoms with Crippen LogP contribution in [-0.4, -0.2) is 17.9 Å². The lowest BCUT2D eigenvalue weighted by atomic mass is 9.98. The third kappa shape index (κ3) is 4.79. The molecule has 0 heterocycles. The van der Waals surface area contributed by atoms with Crippen molar-refractivity contribution in [1.82, 2.24) is 5.32 Å². The summed E-state index contributed by atoms with van der Waals surface area (Å²) in [6.45, 7) is 5.93. The van der Waals surface area contributed by atoms with Crippen LogP contribution in [0.2, 0.25) is 0 Å². The maximum Gasteiger partial charge on any atom is 0.237 e. The van der Waals surface area contributed by atoms with E-state index in [2.05, 4.69) is 10.6 Å². The minimum atomic E-state index is -0.487. The van der Waals surface area contributed by atoms with Crippen LogP contribution in [0.15, 0.2) is 24.3 Å². The Morgan fingerprint density at radius 3 is 2.35 bits per heavy atom. The molecule has 1 aromatic carbocycles. The minimum absolute atomic E-state index is 0.0960. The Balaban J connectivity index is 1.90. The van der Waals surface area contributed by atoms with Gasteiger partial charge in [0.15, 0.2) is 0 Å². The number of hydrogen-bond donors (Lipinski definition) is 3. The number of nitrogens with one attached hydrogen (secondary N) is 2. The number of carbonyl (C=O) groups excluding carboxylic acids is 2. The summed E-state index contributed by atoms with van der Waals surface area (Å²) in [5.41, 5.74) is 7.73. The first-order valence-electron chi connectivity index (χ1n) is 8.39. The average molecular weight is 317 g/mol. The van der Waals surface area contributed by atoms with Gasteiger partial charge in [-0.25, -0.2) is 0 Å². The van der Waals surface area contributed by atoms with Gasteiger partial charge in [-0.05, 0) is 43.4 Å². The first kappa shape index (κ1) is 17.5. The van der Waals surface area contributed by atoms with Crippen LogP contribution < -0.4 is 16.4 Å². The number of rotatable bonds is 7. The average Bonchev–Trinajstić information content (AvgIpc) is 3.38. The Labute approximate surface area is 138 Å². The van der Waals surface area contributed by atoms with Crippen molar-refractivity contribution in [1.29, 1.82) is 0 Å². The summed E-state index contributed by atoms with van der Waals surface area (Å²) in [6, 6.07) is 6.97. The second kappa shape index (κ2) is 7.59. The molecule has 5 nitrogen and oxygen atoms in total. The lowest BCUT2D eigenvalue weighted by Gasteiger charge is -2.21. The van der Waals surface area contributed by atoms with Crippen LogP contribution in [-0.2, 0) is 9.59 Å². The van der Waals surface area contributed by atoms with Crippen molar-refractivity contribution in [2.45, 2.75) is 52.1 Å². The summed E-state index contributed by atoms with van der Waals surface area (Å²) in [7, 11) is 0. The molecule has 23 heavy (non-hydrogen) atoms. The highest BCUT2D eigenvalue weighted by Gasteiger charge is 2.29. The lowest BCUT2D eigenvalue weighted by Crippen LogP contribution is -2.45. The summed E-state index contributed by atoms with van der Waals surface area (Å²) in [5.74, 6) is 0.314. The second-order valence-electron chi connectivity index (χ2n) is 6.53. The second-order valence-corrected chi connectivity index (χ2v) is 6.53. The van der Waals surface area contributed by atoms with Crippen LogP contribution in [0.5, 0.6) is 0 Å². The zero-order chi connectivity index (χ0) is 17.0. The Kier molecular flexibility index (Phi) is 5.77. The van der Waals surface area contributed by atoms with E-state index in [1.165, 1.54) is 0 Å². The van der Waals surface area contributed by atoms with Gasteiger partial charge in [0.05, 0.1) is 12.1 Å². The van der Waals surface area contributed by atoms with Crippen molar-refractivity contribution >= 4 is 17.5 Å². The molecule has 2 amide bonds. The van der Waals surface area contributed by atoms with Gasteiger partial charge in [0.25, 0.3) is 0 Å². The molecule has 3 unspecified atom stereocenters. The molecular formula is C18H27N3O2. The van der Waals surface area contributed by atoms with Gasteiger partial charge in [0, 0.05) is 11.6 Å². The summed E-state index contributed by atoms with van der Waals surface area (Å²) < 4.78 is 0. The van der Waals surface area contributed by atoms with E-state index < -0.39 is 6.04 Å². The van der Waals surface area contributed by atoms with Crippen molar-refractivity contribution in [3.8, 4) is 0 Å².